The Morgan fingerprint density at radius 1 is 1.10 bits per heavy atom. The fourth-order valence-electron chi connectivity index (χ4n) is 2.09. The number of rotatable bonds is 2. The van der Waals surface area contributed by atoms with E-state index in [1.165, 1.54) is 0 Å². The van der Waals surface area contributed by atoms with Gasteiger partial charge in [0.25, 0.3) is 0 Å². The summed E-state index contributed by atoms with van der Waals surface area (Å²) in [6, 6.07) is 12.0. The lowest BCUT2D eigenvalue weighted by Gasteiger charge is -2.06. The first-order valence-electron chi connectivity index (χ1n) is 6.04. The standard InChI is InChI=1S/C15H9BrClFN2O/c16-10-6-3-5-9(13(10)18)14-12(15(19)20-21-14)8-4-1-2-7-11(8)17/h1-7H,(H2,19,20). The number of anilines is 1. The highest BCUT2D eigenvalue weighted by atomic mass is 79.9. The molecular weight excluding hydrogens is 359 g/mol. The number of benzene rings is 2. The fraction of sp³-hybridized carbons (Fsp3) is 0. The van der Waals surface area contributed by atoms with E-state index in [2.05, 4.69) is 21.1 Å². The Kier molecular flexibility index (Phi) is 3.69. The van der Waals surface area contributed by atoms with Crippen molar-refractivity contribution in [3.63, 3.8) is 0 Å². The molecule has 1 heterocycles. The van der Waals surface area contributed by atoms with Gasteiger partial charge in [0.2, 0.25) is 0 Å². The zero-order valence-electron chi connectivity index (χ0n) is 10.6. The Labute approximate surface area is 133 Å². The van der Waals surface area contributed by atoms with E-state index >= 15 is 0 Å². The van der Waals surface area contributed by atoms with E-state index in [0.29, 0.717) is 20.6 Å². The maximum absolute atomic E-state index is 14.3. The molecule has 0 bridgehead atoms. The van der Waals surface area contributed by atoms with Crippen molar-refractivity contribution in [3.05, 3.63) is 57.8 Å². The number of aromatic nitrogens is 1. The summed E-state index contributed by atoms with van der Waals surface area (Å²) in [6.45, 7) is 0. The lowest BCUT2D eigenvalue weighted by Crippen LogP contribution is -1.91. The van der Waals surface area contributed by atoms with Gasteiger partial charge in [-0.2, -0.15) is 0 Å². The molecule has 0 aliphatic carbocycles. The van der Waals surface area contributed by atoms with Gasteiger partial charge in [0.05, 0.1) is 15.6 Å². The Balaban J connectivity index is 2.28. The van der Waals surface area contributed by atoms with Crippen molar-refractivity contribution in [1.29, 1.82) is 0 Å². The van der Waals surface area contributed by atoms with Crippen LogP contribution in [-0.4, -0.2) is 5.16 Å². The van der Waals surface area contributed by atoms with Crippen LogP contribution in [0.1, 0.15) is 0 Å². The van der Waals surface area contributed by atoms with Crippen LogP contribution in [-0.2, 0) is 0 Å². The first kappa shape index (κ1) is 14.1. The summed E-state index contributed by atoms with van der Waals surface area (Å²) in [5.74, 6) is -0.0289. The van der Waals surface area contributed by atoms with Crippen LogP contribution in [0.5, 0.6) is 0 Å². The van der Waals surface area contributed by atoms with Crippen molar-refractivity contribution in [3.8, 4) is 22.5 Å². The van der Waals surface area contributed by atoms with Crippen molar-refractivity contribution in [2.45, 2.75) is 0 Å². The molecule has 0 saturated heterocycles. The van der Waals surface area contributed by atoms with E-state index in [1.807, 2.05) is 6.07 Å². The lowest BCUT2D eigenvalue weighted by atomic mass is 10.0. The van der Waals surface area contributed by atoms with Crippen LogP contribution in [0.25, 0.3) is 22.5 Å². The van der Waals surface area contributed by atoms with Gasteiger partial charge in [0.15, 0.2) is 11.6 Å². The monoisotopic (exact) mass is 366 g/mol. The lowest BCUT2D eigenvalue weighted by molar-refractivity contribution is 0.433. The molecule has 3 nitrogen and oxygen atoms in total. The van der Waals surface area contributed by atoms with Crippen LogP contribution < -0.4 is 5.73 Å². The molecule has 0 fully saturated rings. The van der Waals surface area contributed by atoms with Gasteiger partial charge in [-0.05, 0) is 34.1 Å². The van der Waals surface area contributed by atoms with Gasteiger partial charge in [0.1, 0.15) is 5.82 Å². The van der Waals surface area contributed by atoms with Crippen LogP contribution in [0.4, 0.5) is 10.2 Å². The van der Waals surface area contributed by atoms with Gasteiger partial charge in [-0.25, -0.2) is 4.39 Å². The minimum Gasteiger partial charge on any atom is -0.380 e. The Morgan fingerprint density at radius 3 is 2.57 bits per heavy atom. The SMILES string of the molecule is Nc1noc(-c2cccc(Br)c2F)c1-c1ccccc1Cl. The molecule has 3 aromatic rings. The molecular formula is C15H9BrClFN2O. The summed E-state index contributed by atoms with van der Waals surface area (Å²) in [7, 11) is 0. The smallest absolute Gasteiger partial charge is 0.179 e. The third-order valence-corrected chi connectivity index (χ3v) is 4.00. The van der Waals surface area contributed by atoms with Gasteiger partial charge >= 0.3 is 0 Å². The second-order valence-electron chi connectivity index (χ2n) is 4.35. The second-order valence-corrected chi connectivity index (χ2v) is 5.61. The fourth-order valence-corrected chi connectivity index (χ4v) is 2.69. The topological polar surface area (TPSA) is 52.0 Å². The second kappa shape index (κ2) is 5.50. The molecule has 0 amide bonds. The van der Waals surface area contributed by atoms with Gasteiger partial charge in [-0.15, -0.1) is 0 Å². The predicted octanol–water partition coefficient (Wildman–Crippen LogP) is 5.15. The average Bonchev–Trinajstić information content (AvgIpc) is 2.84. The normalized spacial score (nSPS) is 10.8. The van der Waals surface area contributed by atoms with Crippen molar-refractivity contribution >= 4 is 33.3 Å². The molecule has 0 unspecified atom stereocenters. The summed E-state index contributed by atoms with van der Waals surface area (Å²) in [5, 5.41) is 4.23. The Morgan fingerprint density at radius 2 is 1.81 bits per heavy atom. The third kappa shape index (κ3) is 2.43. The van der Waals surface area contributed by atoms with Crippen LogP contribution in [0.15, 0.2) is 51.5 Å². The highest BCUT2D eigenvalue weighted by Gasteiger charge is 2.22. The van der Waals surface area contributed by atoms with E-state index in [-0.39, 0.29) is 17.1 Å². The Bertz CT molecular complexity index is 819. The van der Waals surface area contributed by atoms with Gasteiger partial charge in [-0.3, -0.25) is 0 Å². The zero-order valence-corrected chi connectivity index (χ0v) is 13.0. The minimum atomic E-state index is -0.443. The van der Waals surface area contributed by atoms with E-state index in [4.69, 9.17) is 21.9 Å². The molecule has 6 heteroatoms. The van der Waals surface area contributed by atoms with Crippen molar-refractivity contribution in [2.24, 2.45) is 0 Å². The van der Waals surface area contributed by atoms with Gasteiger partial charge < -0.3 is 10.3 Å². The molecule has 3 rings (SSSR count). The first-order chi connectivity index (χ1) is 10.1. The maximum Gasteiger partial charge on any atom is 0.179 e. The molecule has 0 radical (unpaired) electrons. The van der Waals surface area contributed by atoms with E-state index < -0.39 is 5.82 Å². The number of nitrogens with zero attached hydrogens (tertiary/aromatic N) is 1. The molecule has 2 N–H and O–H groups in total. The molecule has 0 aliphatic heterocycles. The van der Waals surface area contributed by atoms with Crippen molar-refractivity contribution in [2.75, 3.05) is 5.73 Å². The van der Waals surface area contributed by atoms with Crippen LogP contribution in [0.3, 0.4) is 0 Å². The van der Waals surface area contributed by atoms with Gasteiger partial charge in [-0.1, -0.05) is 41.0 Å². The minimum absolute atomic E-state index is 0.164. The average molecular weight is 368 g/mol. The molecule has 21 heavy (non-hydrogen) atoms. The number of hydrogen-bond acceptors (Lipinski definition) is 3. The summed E-state index contributed by atoms with van der Waals surface area (Å²) in [4.78, 5) is 0. The van der Waals surface area contributed by atoms with Gasteiger partial charge in [0, 0.05) is 10.6 Å². The van der Waals surface area contributed by atoms with Crippen LogP contribution in [0, 0.1) is 5.82 Å². The van der Waals surface area contributed by atoms with E-state index in [9.17, 15) is 4.39 Å². The predicted molar refractivity (Wildman–Crippen MR) is 84.5 cm³/mol. The molecule has 106 valence electrons. The van der Waals surface area contributed by atoms with Crippen molar-refractivity contribution in [1.82, 2.24) is 5.16 Å². The third-order valence-electron chi connectivity index (χ3n) is 3.06. The quantitative estimate of drug-likeness (QED) is 0.682. The summed E-state index contributed by atoms with van der Waals surface area (Å²) < 4.78 is 19.9. The number of nitrogen functional groups attached to an aromatic ring is 1. The molecule has 2 aromatic carbocycles. The van der Waals surface area contributed by atoms with E-state index in [0.717, 1.165) is 0 Å². The van der Waals surface area contributed by atoms with Crippen LogP contribution >= 0.6 is 27.5 Å². The molecule has 1 aromatic heterocycles. The molecule has 0 aliphatic rings. The maximum atomic E-state index is 14.3. The number of nitrogens with two attached hydrogens (primary N) is 1. The number of halogens is 3. The zero-order chi connectivity index (χ0) is 15.0. The summed E-state index contributed by atoms with van der Waals surface area (Å²) >= 11 is 9.34. The molecule has 0 atom stereocenters. The summed E-state index contributed by atoms with van der Waals surface area (Å²) in [5.41, 5.74) is 7.27. The Hall–Kier alpha value is -1.85. The molecule has 0 saturated carbocycles. The number of hydrogen-bond donors (Lipinski definition) is 1. The van der Waals surface area contributed by atoms with Crippen LogP contribution in [0.2, 0.25) is 5.02 Å². The highest BCUT2D eigenvalue weighted by Crippen LogP contribution is 2.41. The van der Waals surface area contributed by atoms with E-state index in [1.54, 1.807) is 36.4 Å². The largest absolute Gasteiger partial charge is 0.380 e. The first-order valence-corrected chi connectivity index (χ1v) is 7.21. The molecule has 0 spiro atoms. The highest BCUT2D eigenvalue weighted by molar-refractivity contribution is 9.10. The van der Waals surface area contributed by atoms with Crippen molar-refractivity contribution < 1.29 is 8.91 Å². The summed E-state index contributed by atoms with van der Waals surface area (Å²) in [6.07, 6.45) is 0.